The molecule has 0 bridgehead atoms. The van der Waals surface area contributed by atoms with Gasteiger partial charge in [-0.25, -0.2) is 0 Å². The van der Waals surface area contributed by atoms with Gasteiger partial charge in [0, 0.05) is 6.04 Å². The van der Waals surface area contributed by atoms with Gasteiger partial charge >= 0.3 is 0 Å². The van der Waals surface area contributed by atoms with E-state index >= 15 is 0 Å². The Kier molecular flexibility index (Phi) is 6.04. The molecule has 0 aliphatic rings. The molecule has 1 unspecified atom stereocenters. The number of nitrogens with one attached hydrogen (secondary N) is 1. The average Bonchev–Trinajstić information content (AvgIpc) is 2.28. The standard InChI is InChI=1S/C14H19Cl2N/c1-4-7-17-14(10(2)3)9-11-5-6-12(15)13(16)8-11/h5-6,8,14,17H,2,4,7,9H2,1,3H3. The molecule has 1 rings (SSSR count). The van der Waals surface area contributed by atoms with Crippen molar-refractivity contribution in [1.29, 1.82) is 0 Å². The van der Waals surface area contributed by atoms with E-state index in [2.05, 4.69) is 18.8 Å². The zero-order valence-corrected chi connectivity index (χ0v) is 11.9. The van der Waals surface area contributed by atoms with E-state index in [1.807, 2.05) is 25.1 Å². The molecule has 1 atom stereocenters. The van der Waals surface area contributed by atoms with Crippen LogP contribution in [0.4, 0.5) is 0 Å². The maximum Gasteiger partial charge on any atom is 0.0595 e. The lowest BCUT2D eigenvalue weighted by Crippen LogP contribution is -2.32. The van der Waals surface area contributed by atoms with Gasteiger partial charge in [-0.15, -0.1) is 0 Å². The Morgan fingerprint density at radius 3 is 2.59 bits per heavy atom. The Labute approximate surface area is 114 Å². The topological polar surface area (TPSA) is 12.0 Å². The lowest BCUT2D eigenvalue weighted by Gasteiger charge is -2.19. The van der Waals surface area contributed by atoms with Crippen LogP contribution in [0.15, 0.2) is 30.4 Å². The minimum atomic E-state index is 0.298. The third-order valence-corrected chi connectivity index (χ3v) is 3.40. The summed E-state index contributed by atoms with van der Waals surface area (Å²) in [5, 5.41) is 4.69. The second kappa shape index (κ2) is 7.05. The van der Waals surface area contributed by atoms with Crippen LogP contribution in [0, 0.1) is 0 Å². The van der Waals surface area contributed by atoms with Crippen molar-refractivity contribution >= 4 is 23.2 Å². The van der Waals surface area contributed by atoms with Gasteiger partial charge in [0.05, 0.1) is 10.0 Å². The van der Waals surface area contributed by atoms with Gasteiger partial charge in [0.15, 0.2) is 0 Å². The first-order valence-electron chi connectivity index (χ1n) is 5.87. The van der Waals surface area contributed by atoms with Crippen LogP contribution in [0.3, 0.4) is 0 Å². The molecule has 1 N–H and O–H groups in total. The molecule has 94 valence electrons. The van der Waals surface area contributed by atoms with Crippen LogP contribution in [0.1, 0.15) is 25.8 Å². The van der Waals surface area contributed by atoms with E-state index in [-0.39, 0.29) is 0 Å². The van der Waals surface area contributed by atoms with Crippen molar-refractivity contribution in [2.75, 3.05) is 6.54 Å². The summed E-state index contributed by atoms with van der Waals surface area (Å²) in [5.41, 5.74) is 2.32. The quantitative estimate of drug-likeness (QED) is 0.753. The SMILES string of the molecule is C=C(C)C(Cc1ccc(Cl)c(Cl)c1)NCCC. The first-order valence-corrected chi connectivity index (χ1v) is 6.63. The summed E-state index contributed by atoms with van der Waals surface area (Å²) in [5.74, 6) is 0. The van der Waals surface area contributed by atoms with Gasteiger partial charge in [0.2, 0.25) is 0 Å². The van der Waals surface area contributed by atoms with E-state index in [1.54, 1.807) is 0 Å². The molecule has 0 aliphatic carbocycles. The number of hydrogen-bond donors (Lipinski definition) is 1. The highest BCUT2D eigenvalue weighted by Crippen LogP contribution is 2.23. The Bertz CT molecular complexity index is 388. The van der Waals surface area contributed by atoms with Crippen LogP contribution < -0.4 is 5.32 Å². The molecule has 0 saturated carbocycles. The van der Waals surface area contributed by atoms with Crippen LogP contribution in [-0.4, -0.2) is 12.6 Å². The zero-order valence-electron chi connectivity index (χ0n) is 10.4. The van der Waals surface area contributed by atoms with E-state index in [9.17, 15) is 0 Å². The molecular weight excluding hydrogens is 253 g/mol. The highest BCUT2D eigenvalue weighted by atomic mass is 35.5. The maximum atomic E-state index is 6.01. The van der Waals surface area contributed by atoms with E-state index in [0.29, 0.717) is 16.1 Å². The highest BCUT2D eigenvalue weighted by Gasteiger charge is 2.10. The van der Waals surface area contributed by atoms with Crippen molar-refractivity contribution in [2.45, 2.75) is 32.7 Å². The van der Waals surface area contributed by atoms with Crippen LogP contribution >= 0.6 is 23.2 Å². The van der Waals surface area contributed by atoms with E-state index in [4.69, 9.17) is 23.2 Å². The van der Waals surface area contributed by atoms with E-state index in [1.165, 1.54) is 5.56 Å². The second-order valence-corrected chi connectivity index (χ2v) is 5.12. The van der Waals surface area contributed by atoms with E-state index < -0.39 is 0 Å². The molecule has 1 aromatic rings. The van der Waals surface area contributed by atoms with Crippen LogP contribution in [0.2, 0.25) is 10.0 Å². The molecule has 0 aromatic heterocycles. The fourth-order valence-corrected chi connectivity index (χ4v) is 1.96. The maximum absolute atomic E-state index is 6.01. The fraction of sp³-hybridized carbons (Fsp3) is 0.429. The Morgan fingerprint density at radius 1 is 1.35 bits per heavy atom. The summed E-state index contributed by atoms with van der Waals surface area (Å²) in [7, 11) is 0. The Balaban J connectivity index is 2.71. The predicted octanol–water partition coefficient (Wildman–Crippen LogP) is 4.48. The number of rotatable bonds is 6. The number of halogens is 2. The molecule has 0 heterocycles. The molecule has 17 heavy (non-hydrogen) atoms. The molecule has 0 spiro atoms. The molecule has 0 amide bonds. The summed E-state index contributed by atoms with van der Waals surface area (Å²) in [6, 6.07) is 6.08. The van der Waals surface area contributed by atoms with Crippen molar-refractivity contribution in [3.8, 4) is 0 Å². The largest absolute Gasteiger partial charge is 0.310 e. The normalized spacial score (nSPS) is 12.5. The van der Waals surface area contributed by atoms with Gasteiger partial charge in [-0.1, -0.05) is 48.3 Å². The predicted molar refractivity (Wildman–Crippen MR) is 77.1 cm³/mol. The van der Waals surface area contributed by atoms with Crippen molar-refractivity contribution in [3.63, 3.8) is 0 Å². The van der Waals surface area contributed by atoms with Crippen LogP contribution in [0.25, 0.3) is 0 Å². The smallest absolute Gasteiger partial charge is 0.0595 e. The number of benzene rings is 1. The van der Waals surface area contributed by atoms with Gasteiger partial charge < -0.3 is 5.32 Å². The summed E-state index contributed by atoms with van der Waals surface area (Å²) in [6.07, 6.45) is 2.01. The molecule has 0 radical (unpaired) electrons. The van der Waals surface area contributed by atoms with Crippen LogP contribution in [0.5, 0.6) is 0 Å². The van der Waals surface area contributed by atoms with Gasteiger partial charge in [0.1, 0.15) is 0 Å². The lowest BCUT2D eigenvalue weighted by molar-refractivity contribution is 0.564. The van der Waals surface area contributed by atoms with Crippen molar-refractivity contribution in [1.82, 2.24) is 5.32 Å². The molecule has 0 saturated heterocycles. The second-order valence-electron chi connectivity index (χ2n) is 4.31. The Hall–Kier alpha value is -0.500. The molecule has 1 nitrogen and oxygen atoms in total. The third kappa shape index (κ3) is 4.71. The van der Waals surface area contributed by atoms with Crippen molar-refractivity contribution in [2.24, 2.45) is 0 Å². The van der Waals surface area contributed by atoms with Gasteiger partial charge in [-0.3, -0.25) is 0 Å². The summed E-state index contributed by atoms with van der Waals surface area (Å²) in [6.45, 7) is 9.22. The average molecular weight is 272 g/mol. The Morgan fingerprint density at radius 2 is 2.06 bits per heavy atom. The molecule has 1 aromatic carbocycles. The lowest BCUT2D eigenvalue weighted by atomic mass is 10.0. The minimum Gasteiger partial charge on any atom is -0.310 e. The minimum absolute atomic E-state index is 0.298. The van der Waals surface area contributed by atoms with Crippen molar-refractivity contribution in [3.05, 3.63) is 46.0 Å². The first-order chi connectivity index (χ1) is 8.04. The monoisotopic (exact) mass is 271 g/mol. The van der Waals surface area contributed by atoms with Gasteiger partial charge in [-0.2, -0.15) is 0 Å². The first kappa shape index (κ1) is 14.6. The van der Waals surface area contributed by atoms with Crippen molar-refractivity contribution < 1.29 is 0 Å². The molecular formula is C14H19Cl2N. The van der Waals surface area contributed by atoms with Gasteiger partial charge in [0.25, 0.3) is 0 Å². The highest BCUT2D eigenvalue weighted by molar-refractivity contribution is 6.42. The third-order valence-electron chi connectivity index (χ3n) is 2.66. The molecule has 3 heteroatoms. The fourth-order valence-electron chi connectivity index (χ4n) is 1.64. The zero-order chi connectivity index (χ0) is 12.8. The molecule has 0 aliphatic heterocycles. The summed E-state index contributed by atoms with van der Waals surface area (Å²) < 4.78 is 0. The van der Waals surface area contributed by atoms with Crippen LogP contribution in [-0.2, 0) is 6.42 Å². The van der Waals surface area contributed by atoms with Gasteiger partial charge in [-0.05, 0) is 44.0 Å². The molecule has 0 fully saturated rings. The number of hydrogen-bond acceptors (Lipinski definition) is 1. The summed E-state index contributed by atoms with van der Waals surface area (Å²) in [4.78, 5) is 0. The van der Waals surface area contributed by atoms with E-state index in [0.717, 1.165) is 25.0 Å². The summed E-state index contributed by atoms with van der Waals surface area (Å²) >= 11 is 11.9.